The van der Waals surface area contributed by atoms with Crippen molar-refractivity contribution in [3.63, 3.8) is 0 Å². The molecule has 3 rings (SSSR count). The van der Waals surface area contributed by atoms with E-state index in [1.807, 2.05) is 28.3 Å². The molecule has 3 heterocycles. The molecule has 2 fully saturated rings. The second-order valence-electron chi connectivity index (χ2n) is 7.08. The van der Waals surface area contributed by atoms with E-state index in [0.29, 0.717) is 13.1 Å². The Hall–Kier alpha value is -1.89. The van der Waals surface area contributed by atoms with Crippen molar-refractivity contribution in [2.45, 2.75) is 52.6 Å². The largest absolute Gasteiger partial charge is 0.336 e. The van der Waals surface area contributed by atoms with Gasteiger partial charge in [-0.25, -0.2) is 0 Å². The fraction of sp³-hybridized carbons (Fsp3) is 0.722. The molecule has 1 aromatic rings. The minimum Gasteiger partial charge on any atom is -0.336 e. The Bertz CT molecular complexity index is 654. The third-order valence-corrected chi connectivity index (χ3v) is 5.28. The Morgan fingerprint density at radius 2 is 2.12 bits per heavy atom. The van der Waals surface area contributed by atoms with Crippen LogP contribution < -0.4 is 5.32 Å². The van der Waals surface area contributed by atoms with Crippen LogP contribution in [0.25, 0.3) is 0 Å². The Kier molecular flexibility index (Phi) is 5.42. The van der Waals surface area contributed by atoms with Crippen LogP contribution in [0.3, 0.4) is 0 Å². The second-order valence-corrected chi connectivity index (χ2v) is 7.08. The van der Waals surface area contributed by atoms with E-state index in [9.17, 15) is 9.59 Å². The Morgan fingerprint density at radius 3 is 2.84 bits per heavy atom. The van der Waals surface area contributed by atoms with Gasteiger partial charge in [-0.2, -0.15) is 5.10 Å². The van der Waals surface area contributed by atoms with Gasteiger partial charge in [0.15, 0.2) is 0 Å². The lowest BCUT2D eigenvalue weighted by Crippen LogP contribution is -2.57. The first-order chi connectivity index (χ1) is 12.0. The van der Waals surface area contributed by atoms with Crippen LogP contribution in [0, 0.1) is 13.8 Å². The minimum absolute atomic E-state index is 0.0598. The van der Waals surface area contributed by atoms with Crippen LogP contribution in [0.1, 0.15) is 47.9 Å². The SMILES string of the molecule is CCCn1nc(C)c(C(=O)N2CCCC(N3CCNCC3=O)C2)c1C. The molecule has 1 unspecified atom stereocenters. The lowest BCUT2D eigenvalue weighted by molar-refractivity contribution is -0.135. The predicted octanol–water partition coefficient (Wildman–Crippen LogP) is 0.946. The minimum atomic E-state index is 0.0598. The van der Waals surface area contributed by atoms with Crippen molar-refractivity contribution in [1.29, 1.82) is 0 Å². The van der Waals surface area contributed by atoms with E-state index in [2.05, 4.69) is 17.3 Å². The number of hydrogen-bond donors (Lipinski definition) is 1. The summed E-state index contributed by atoms with van der Waals surface area (Å²) in [5.74, 6) is 0.207. The van der Waals surface area contributed by atoms with Gasteiger partial charge in [0.1, 0.15) is 0 Å². The molecule has 7 nitrogen and oxygen atoms in total. The molecule has 0 spiro atoms. The van der Waals surface area contributed by atoms with Crippen molar-refractivity contribution in [1.82, 2.24) is 24.9 Å². The molecule has 0 saturated carbocycles. The monoisotopic (exact) mass is 347 g/mol. The summed E-state index contributed by atoms with van der Waals surface area (Å²) in [6.45, 7) is 10.2. The predicted molar refractivity (Wildman–Crippen MR) is 95.5 cm³/mol. The van der Waals surface area contributed by atoms with E-state index in [0.717, 1.165) is 62.4 Å². The van der Waals surface area contributed by atoms with Crippen LogP contribution in [0.5, 0.6) is 0 Å². The van der Waals surface area contributed by atoms with Crippen molar-refractivity contribution in [2.75, 3.05) is 32.7 Å². The molecule has 2 amide bonds. The van der Waals surface area contributed by atoms with Gasteiger partial charge in [0, 0.05) is 44.5 Å². The van der Waals surface area contributed by atoms with Crippen LogP contribution in [-0.4, -0.2) is 70.2 Å². The summed E-state index contributed by atoms with van der Waals surface area (Å²) in [4.78, 5) is 29.2. The molecule has 7 heteroatoms. The molecular weight excluding hydrogens is 318 g/mol. The van der Waals surface area contributed by atoms with Crippen molar-refractivity contribution in [2.24, 2.45) is 0 Å². The third-order valence-electron chi connectivity index (χ3n) is 5.28. The van der Waals surface area contributed by atoms with Gasteiger partial charge in [0.05, 0.1) is 17.8 Å². The van der Waals surface area contributed by atoms with Gasteiger partial charge >= 0.3 is 0 Å². The zero-order valence-corrected chi connectivity index (χ0v) is 15.5. The summed E-state index contributed by atoms with van der Waals surface area (Å²) in [6.07, 6.45) is 2.91. The van der Waals surface area contributed by atoms with Gasteiger partial charge in [-0.05, 0) is 33.1 Å². The lowest BCUT2D eigenvalue weighted by Gasteiger charge is -2.41. The fourth-order valence-electron chi connectivity index (χ4n) is 3.99. The molecule has 1 aromatic heterocycles. The summed E-state index contributed by atoms with van der Waals surface area (Å²) in [6, 6.07) is 0.138. The molecule has 1 atom stereocenters. The zero-order chi connectivity index (χ0) is 18.0. The van der Waals surface area contributed by atoms with E-state index in [4.69, 9.17) is 0 Å². The van der Waals surface area contributed by atoms with Crippen molar-refractivity contribution >= 4 is 11.8 Å². The molecule has 25 heavy (non-hydrogen) atoms. The first-order valence-electron chi connectivity index (χ1n) is 9.36. The van der Waals surface area contributed by atoms with E-state index < -0.39 is 0 Å². The Morgan fingerprint density at radius 1 is 1.32 bits per heavy atom. The average Bonchev–Trinajstić information content (AvgIpc) is 2.89. The summed E-state index contributed by atoms with van der Waals surface area (Å²) < 4.78 is 1.93. The van der Waals surface area contributed by atoms with Crippen molar-refractivity contribution < 1.29 is 9.59 Å². The van der Waals surface area contributed by atoms with Crippen LogP contribution in [0.2, 0.25) is 0 Å². The number of piperazine rings is 1. The summed E-state index contributed by atoms with van der Waals surface area (Å²) in [5, 5.41) is 7.64. The quantitative estimate of drug-likeness (QED) is 0.880. The molecular formula is C18H29N5O2. The van der Waals surface area contributed by atoms with Crippen LogP contribution in [-0.2, 0) is 11.3 Å². The highest BCUT2D eigenvalue weighted by Crippen LogP contribution is 2.22. The molecule has 0 aromatic carbocycles. The maximum atomic E-state index is 13.1. The van der Waals surface area contributed by atoms with E-state index in [1.165, 1.54) is 0 Å². The van der Waals surface area contributed by atoms with Gasteiger partial charge in [-0.3, -0.25) is 14.3 Å². The summed E-state index contributed by atoms with van der Waals surface area (Å²) >= 11 is 0. The zero-order valence-electron chi connectivity index (χ0n) is 15.5. The highest BCUT2D eigenvalue weighted by Gasteiger charge is 2.33. The van der Waals surface area contributed by atoms with Crippen LogP contribution in [0.4, 0.5) is 0 Å². The van der Waals surface area contributed by atoms with E-state index in [1.54, 1.807) is 0 Å². The number of rotatable bonds is 4. The molecule has 0 bridgehead atoms. The molecule has 0 aliphatic carbocycles. The summed E-state index contributed by atoms with van der Waals surface area (Å²) in [7, 11) is 0. The first-order valence-corrected chi connectivity index (χ1v) is 9.36. The van der Waals surface area contributed by atoms with Crippen molar-refractivity contribution in [3.05, 3.63) is 17.0 Å². The number of nitrogens with one attached hydrogen (secondary N) is 1. The number of amides is 2. The number of carbonyl (C=O) groups excluding carboxylic acids is 2. The maximum absolute atomic E-state index is 13.1. The molecule has 138 valence electrons. The smallest absolute Gasteiger partial charge is 0.257 e. The third kappa shape index (κ3) is 3.56. The molecule has 2 aliphatic rings. The Labute approximate surface area is 149 Å². The fourth-order valence-corrected chi connectivity index (χ4v) is 3.99. The number of likely N-dealkylation sites (tertiary alicyclic amines) is 1. The standard InChI is InChI=1S/C18H29N5O2/c1-4-8-23-14(3)17(13(2)20-23)18(25)21-9-5-6-15(12-21)22-10-7-19-11-16(22)24/h15,19H,4-12H2,1-3H3. The molecule has 1 N–H and O–H groups in total. The normalized spacial score (nSPS) is 21.7. The van der Waals surface area contributed by atoms with Gasteiger partial charge in [-0.15, -0.1) is 0 Å². The first kappa shape index (κ1) is 17.9. The van der Waals surface area contributed by atoms with Crippen LogP contribution in [0.15, 0.2) is 0 Å². The number of hydrogen-bond acceptors (Lipinski definition) is 4. The number of carbonyl (C=O) groups is 2. The number of aromatic nitrogens is 2. The topological polar surface area (TPSA) is 70.5 Å². The molecule has 0 radical (unpaired) electrons. The van der Waals surface area contributed by atoms with Crippen molar-refractivity contribution in [3.8, 4) is 0 Å². The maximum Gasteiger partial charge on any atom is 0.257 e. The number of nitrogens with zero attached hydrogens (tertiary/aromatic N) is 4. The van der Waals surface area contributed by atoms with E-state index >= 15 is 0 Å². The van der Waals surface area contributed by atoms with Gasteiger partial charge in [0.25, 0.3) is 5.91 Å². The van der Waals surface area contributed by atoms with E-state index in [-0.39, 0.29) is 17.9 Å². The molecule has 2 saturated heterocycles. The lowest BCUT2D eigenvalue weighted by atomic mass is 10.0. The average molecular weight is 347 g/mol. The summed E-state index contributed by atoms with van der Waals surface area (Å²) in [5.41, 5.74) is 2.49. The van der Waals surface area contributed by atoms with Gasteiger partial charge < -0.3 is 15.1 Å². The van der Waals surface area contributed by atoms with Gasteiger partial charge in [0.2, 0.25) is 5.91 Å². The highest BCUT2D eigenvalue weighted by molar-refractivity contribution is 5.96. The highest BCUT2D eigenvalue weighted by atomic mass is 16.2. The number of aryl methyl sites for hydroxylation is 2. The van der Waals surface area contributed by atoms with Gasteiger partial charge in [-0.1, -0.05) is 6.92 Å². The van der Waals surface area contributed by atoms with Crippen LogP contribution >= 0.6 is 0 Å². The number of piperidine rings is 1. The Balaban J connectivity index is 1.75. The molecule has 2 aliphatic heterocycles. The second kappa shape index (κ2) is 7.56.